The molecule has 1 fully saturated rings. The summed E-state index contributed by atoms with van der Waals surface area (Å²) in [7, 11) is -3.62. The Morgan fingerprint density at radius 3 is 2.42 bits per heavy atom. The minimum atomic E-state index is -3.62. The van der Waals surface area contributed by atoms with Crippen LogP contribution in [0.25, 0.3) is 10.2 Å². The molecule has 0 radical (unpaired) electrons. The van der Waals surface area contributed by atoms with Crippen molar-refractivity contribution in [3.63, 3.8) is 0 Å². The highest BCUT2D eigenvalue weighted by Gasteiger charge is 2.33. The third-order valence-corrected chi connectivity index (χ3v) is 10.6. The number of hydrogen-bond donors (Lipinski definition) is 0. The van der Waals surface area contributed by atoms with Crippen LogP contribution in [0.3, 0.4) is 0 Å². The number of aromatic nitrogens is 1. The van der Waals surface area contributed by atoms with Crippen molar-refractivity contribution in [1.82, 2.24) is 14.2 Å². The number of nitrogens with zero attached hydrogens (tertiary/aromatic N) is 4. The van der Waals surface area contributed by atoms with Gasteiger partial charge >= 0.3 is 0 Å². The molecule has 3 heterocycles. The second-order valence-electron chi connectivity index (χ2n) is 9.85. The van der Waals surface area contributed by atoms with Crippen LogP contribution in [0.2, 0.25) is 0 Å². The first-order chi connectivity index (χ1) is 18.8. The van der Waals surface area contributed by atoms with Gasteiger partial charge in [-0.05, 0) is 56.6 Å². The van der Waals surface area contributed by atoms with E-state index in [1.807, 2.05) is 19.1 Å². The van der Waals surface area contributed by atoms with Crippen LogP contribution in [0, 0.1) is 0 Å². The van der Waals surface area contributed by atoms with E-state index in [1.165, 1.54) is 11.3 Å². The highest BCUT2D eigenvalue weighted by atomic mass is 35.5. The van der Waals surface area contributed by atoms with Gasteiger partial charge in [0.05, 0.1) is 15.1 Å². The van der Waals surface area contributed by atoms with Gasteiger partial charge in [-0.2, -0.15) is 4.31 Å². The van der Waals surface area contributed by atoms with Crippen molar-refractivity contribution in [3.8, 4) is 11.5 Å². The van der Waals surface area contributed by atoms with Gasteiger partial charge in [-0.25, -0.2) is 13.4 Å². The van der Waals surface area contributed by atoms with Crippen molar-refractivity contribution in [2.45, 2.75) is 57.4 Å². The van der Waals surface area contributed by atoms with Crippen molar-refractivity contribution in [2.75, 3.05) is 44.4 Å². The number of rotatable bonds is 10. The molecule has 2 aliphatic heterocycles. The zero-order chi connectivity index (χ0) is 27.6. The number of anilines is 1. The normalized spacial score (nSPS) is 17.2. The highest BCUT2D eigenvalue weighted by molar-refractivity contribution is 7.89. The summed E-state index contributed by atoms with van der Waals surface area (Å²) in [5, 5.41) is 0.585. The molecule has 0 aliphatic carbocycles. The maximum absolute atomic E-state index is 13.8. The summed E-state index contributed by atoms with van der Waals surface area (Å²) in [6.07, 6.45) is 3.60. The number of halogens is 1. The molecule has 1 aromatic heterocycles. The van der Waals surface area contributed by atoms with Crippen molar-refractivity contribution < 1.29 is 22.7 Å². The van der Waals surface area contributed by atoms with Crippen molar-refractivity contribution in [2.24, 2.45) is 0 Å². The lowest BCUT2D eigenvalue weighted by Gasteiger charge is -2.34. The molecular formula is C28H37ClN4O5S2. The summed E-state index contributed by atoms with van der Waals surface area (Å²) < 4.78 is 40.4. The van der Waals surface area contributed by atoms with E-state index in [-0.39, 0.29) is 36.0 Å². The second kappa shape index (κ2) is 13.0. The first-order valence-corrected chi connectivity index (χ1v) is 16.0. The Labute approximate surface area is 246 Å². The Bertz CT molecular complexity index is 1390. The third kappa shape index (κ3) is 6.08. The van der Waals surface area contributed by atoms with Gasteiger partial charge in [0.1, 0.15) is 0 Å². The van der Waals surface area contributed by atoms with Gasteiger partial charge in [0.15, 0.2) is 16.6 Å². The fourth-order valence-electron chi connectivity index (χ4n) is 5.25. The first kappa shape index (κ1) is 30.5. The van der Waals surface area contributed by atoms with Crippen LogP contribution >= 0.6 is 23.7 Å². The van der Waals surface area contributed by atoms with Crippen LogP contribution in [0.5, 0.6) is 11.5 Å². The number of hydrogen-bond acceptors (Lipinski definition) is 8. The molecular weight excluding hydrogens is 572 g/mol. The molecule has 5 rings (SSSR count). The van der Waals surface area contributed by atoms with E-state index in [4.69, 9.17) is 14.5 Å². The molecule has 9 nitrogen and oxygen atoms in total. The maximum Gasteiger partial charge on any atom is 0.260 e. The van der Waals surface area contributed by atoms with Gasteiger partial charge < -0.3 is 14.4 Å². The average molecular weight is 609 g/mol. The molecule has 40 heavy (non-hydrogen) atoms. The largest absolute Gasteiger partial charge is 0.454 e. The maximum atomic E-state index is 13.8. The van der Waals surface area contributed by atoms with Gasteiger partial charge in [0.25, 0.3) is 5.91 Å². The molecule has 2 aromatic carbocycles. The Balaban J connectivity index is 0.00000370. The van der Waals surface area contributed by atoms with E-state index in [0.29, 0.717) is 41.8 Å². The number of fused-ring (bicyclic) bond motifs is 2. The number of amides is 1. The summed E-state index contributed by atoms with van der Waals surface area (Å²) in [6, 6.07) is 10.1. The molecule has 12 heteroatoms. The number of ether oxygens (including phenoxy) is 2. The van der Waals surface area contributed by atoms with Crippen molar-refractivity contribution in [3.05, 3.63) is 42.0 Å². The lowest BCUT2D eigenvalue weighted by molar-refractivity contribution is 0.0983. The molecule has 0 spiro atoms. The van der Waals surface area contributed by atoms with Gasteiger partial charge in [-0.1, -0.05) is 38.5 Å². The van der Waals surface area contributed by atoms with E-state index < -0.39 is 10.0 Å². The monoisotopic (exact) mass is 608 g/mol. The SMILES string of the molecule is CCC1CCCCN1S(=O)(=O)c1ccc(C(=O)N(CCN(CC)CC)c2nc3cc4c(cc3s2)OCO4)cc1.Cl. The summed E-state index contributed by atoms with van der Waals surface area (Å²) in [5.74, 6) is 1.11. The molecule has 0 bridgehead atoms. The minimum Gasteiger partial charge on any atom is -0.454 e. The predicted octanol–water partition coefficient (Wildman–Crippen LogP) is 5.39. The van der Waals surface area contributed by atoms with Crippen LogP contribution in [-0.2, 0) is 10.0 Å². The molecule has 1 unspecified atom stereocenters. The zero-order valence-corrected chi connectivity index (χ0v) is 25.6. The van der Waals surface area contributed by atoms with Crippen molar-refractivity contribution in [1.29, 1.82) is 0 Å². The van der Waals surface area contributed by atoms with Crippen LogP contribution < -0.4 is 14.4 Å². The van der Waals surface area contributed by atoms with Gasteiger partial charge in [-0.15, -0.1) is 12.4 Å². The van der Waals surface area contributed by atoms with Crippen LogP contribution in [-0.4, -0.2) is 74.1 Å². The van der Waals surface area contributed by atoms with E-state index in [0.717, 1.165) is 49.0 Å². The summed E-state index contributed by atoms with van der Waals surface area (Å²) in [6.45, 7) is 9.86. The fourth-order valence-corrected chi connectivity index (χ4v) is 8.01. The fraction of sp³-hybridized carbons (Fsp3) is 0.500. The number of carbonyl (C=O) groups is 1. The smallest absolute Gasteiger partial charge is 0.260 e. The summed E-state index contributed by atoms with van der Waals surface area (Å²) >= 11 is 1.43. The van der Waals surface area contributed by atoms with E-state index >= 15 is 0 Å². The standard InChI is InChI=1S/C28H36N4O5S2.ClH/c1-4-21-9-7-8-14-32(21)39(34,35)22-12-10-20(11-13-22)27(33)31(16-15-30(5-2)6-3)28-29-23-17-24-25(37-19-36-24)18-26(23)38-28;/h10-13,17-18,21H,4-9,14-16,19H2,1-3H3;1H. The first-order valence-electron chi connectivity index (χ1n) is 13.7. The highest BCUT2D eigenvalue weighted by Crippen LogP contribution is 2.40. The average Bonchev–Trinajstić information content (AvgIpc) is 3.59. The molecule has 0 N–H and O–H groups in total. The van der Waals surface area contributed by atoms with Gasteiger partial charge in [0, 0.05) is 43.4 Å². The van der Waals surface area contributed by atoms with Gasteiger partial charge in [0.2, 0.25) is 16.8 Å². The molecule has 0 saturated carbocycles. The number of thiazole rings is 1. The molecule has 1 amide bonds. The van der Waals surface area contributed by atoms with E-state index in [9.17, 15) is 13.2 Å². The Kier molecular flexibility index (Phi) is 9.94. The number of benzene rings is 2. The lowest BCUT2D eigenvalue weighted by Crippen LogP contribution is -2.43. The van der Waals surface area contributed by atoms with Crippen LogP contribution in [0.15, 0.2) is 41.3 Å². The zero-order valence-electron chi connectivity index (χ0n) is 23.2. The number of sulfonamides is 1. The van der Waals surface area contributed by atoms with E-state index in [2.05, 4.69) is 18.7 Å². The second-order valence-corrected chi connectivity index (χ2v) is 12.8. The Morgan fingerprint density at radius 2 is 1.75 bits per heavy atom. The molecule has 1 saturated heterocycles. The minimum absolute atomic E-state index is 0. The topological polar surface area (TPSA) is 92.3 Å². The lowest BCUT2D eigenvalue weighted by atomic mass is 10.0. The quantitative estimate of drug-likeness (QED) is 0.305. The summed E-state index contributed by atoms with van der Waals surface area (Å²) in [5.41, 5.74) is 1.17. The molecule has 2 aliphatic rings. The molecule has 218 valence electrons. The number of carbonyl (C=O) groups excluding carboxylic acids is 1. The predicted molar refractivity (Wildman–Crippen MR) is 161 cm³/mol. The Hall–Kier alpha value is -2.44. The Morgan fingerprint density at radius 1 is 1.05 bits per heavy atom. The van der Waals surface area contributed by atoms with Gasteiger partial charge in [-0.3, -0.25) is 9.69 Å². The van der Waals surface area contributed by atoms with E-state index in [1.54, 1.807) is 33.5 Å². The number of piperidine rings is 1. The van der Waals surface area contributed by atoms with Crippen LogP contribution in [0.4, 0.5) is 5.13 Å². The third-order valence-electron chi connectivity index (χ3n) is 7.63. The molecule has 3 aromatic rings. The number of likely N-dealkylation sites (N-methyl/N-ethyl adjacent to an activating group) is 1. The van der Waals surface area contributed by atoms with Crippen molar-refractivity contribution >= 4 is 55.0 Å². The van der Waals surface area contributed by atoms with Crippen LogP contribution in [0.1, 0.15) is 56.8 Å². The summed E-state index contributed by atoms with van der Waals surface area (Å²) in [4.78, 5) is 22.8. The molecule has 1 atom stereocenters.